The van der Waals surface area contributed by atoms with Crippen LogP contribution in [0, 0.1) is 12.6 Å². The Morgan fingerprint density at radius 2 is 2.11 bits per heavy atom. The van der Waals surface area contributed by atoms with Gasteiger partial charge in [-0.2, -0.15) is 0 Å². The first-order valence-electron chi connectivity index (χ1n) is 5.18. The van der Waals surface area contributed by atoms with Crippen LogP contribution in [-0.4, -0.2) is 58.5 Å². The molecule has 7 nitrogen and oxygen atoms in total. The second-order valence-electron chi connectivity index (χ2n) is 4.11. The predicted octanol–water partition coefficient (Wildman–Crippen LogP) is -0.447. The lowest BCUT2D eigenvalue weighted by molar-refractivity contribution is -0.647. The number of hydrogen-bond acceptors (Lipinski definition) is 3. The molecule has 0 spiro atoms. The number of nitrogens with zero attached hydrogens (tertiary/aromatic N) is 6. The van der Waals surface area contributed by atoms with Gasteiger partial charge in [-0.3, -0.25) is 9.48 Å². The zero-order valence-corrected chi connectivity index (χ0v) is 11.3. The summed E-state index contributed by atoms with van der Waals surface area (Å²) in [6.07, 6.45) is 1.58. The van der Waals surface area contributed by atoms with Gasteiger partial charge in [0.15, 0.2) is 0 Å². The highest BCUT2D eigenvalue weighted by Crippen LogP contribution is 2.05. The van der Waals surface area contributed by atoms with Crippen LogP contribution in [0.2, 0.25) is 0 Å². The van der Waals surface area contributed by atoms with Gasteiger partial charge in [-0.25, -0.2) is 0 Å². The van der Waals surface area contributed by atoms with Crippen molar-refractivity contribution < 1.29 is 9.42 Å². The van der Waals surface area contributed by atoms with Crippen molar-refractivity contribution in [1.82, 2.24) is 19.8 Å². The molecule has 18 heavy (non-hydrogen) atoms. The second-order valence-corrected chi connectivity index (χ2v) is 4.11. The van der Waals surface area contributed by atoms with Crippen LogP contribution in [0.15, 0.2) is 18.3 Å². The quantitative estimate of drug-likeness (QED) is 0.209. The minimum atomic E-state index is 0. The first kappa shape index (κ1) is 13.9. The number of rotatable bonds is 0. The SMILES string of the molecule is CN(C)C(n1n[n+]([O-])c2ncccc21)=[N+](C)C.[CH3-]. The van der Waals surface area contributed by atoms with Crippen LogP contribution >= 0.6 is 0 Å². The van der Waals surface area contributed by atoms with Gasteiger partial charge in [-0.05, 0) is 12.1 Å². The van der Waals surface area contributed by atoms with E-state index in [4.69, 9.17) is 0 Å². The molecule has 2 aromatic rings. The molecule has 0 fully saturated rings. The summed E-state index contributed by atoms with van der Waals surface area (Å²) < 4.78 is 3.47. The maximum atomic E-state index is 11.6. The van der Waals surface area contributed by atoms with E-state index in [2.05, 4.69) is 10.2 Å². The molecule has 98 valence electrons. The van der Waals surface area contributed by atoms with Gasteiger partial charge in [0.1, 0.15) is 6.20 Å². The molecule has 2 aromatic heterocycles. The number of fused-ring (bicyclic) bond motifs is 1. The molecule has 2 heterocycles. The molecule has 0 saturated carbocycles. The third-order valence-corrected chi connectivity index (χ3v) is 2.34. The average molecular weight is 250 g/mol. The van der Waals surface area contributed by atoms with Crippen molar-refractivity contribution in [2.45, 2.75) is 0 Å². The zero-order chi connectivity index (χ0) is 12.6. The van der Waals surface area contributed by atoms with Gasteiger partial charge < -0.3 is 12.6 Å². The van der Waals surface area contributed by atoms with Gasteiger partial charge in [-0.15, -0.1) is 9.83 Å². The first-order chi connectivity index (χ1) is 8.02. The third kappa shape index (κ3) is 2.11. The lowest BCUT2D eigenvalue weighted by Gasteiger charge is -2.09. The second kappa shape index (κ2) is 4.99. The molecule has 0 aromatic carbocycles. The van der Waals surface area contributed by atoms with E-state index in [0.29, 0.717) is 16.0 Å². The van der Waals surface area contributed by atoms with Crippen molar-refractivity contribution in [2.75, 3.05) is 28.2 Å². The van der Waals surface area contributed by atoms with E-state index in [9.17, 15) is 5.21 Å². The van der Waals surface area contributed by atoms with Crippen molar-refractivity contribution in [2.24, 2.45) is 0 Å². The average Bonchev–Trinajstić information content (AvgIpc) is 2.56. The van der Waals surface area contributed by atoms with Gasteiger partial charge in [0.05, 0.1) is 28.2 Å². The molecule has 0 aliphatic heterocycles. The van der Waals surface area contributed by atoms with Crippen LogP contribution in [0.4, 0.5) is 0 Å². The molecule has 0 bridgehead atoms. The van der Waals surface area contributed by atoms with Crippen LogP contribution in [-0.2, 0) is 0 Å². The summed E-state index contributed by atoms with van der Waals surface area (Å²) in [6.45, 7) is 0. The predicted molar refractivity (Wildman–Crippen MR) is 69.1 cm³/mol. The zero-order valence-electron chi connectivity index (χ0n) is 11.3. The van der Waals surface area contributed by atoms with Gasteiger partial charge in [0.25, 0.3) is 0 Å². The van der Waals surface area contributed by atoms with Crippen molar-refractivity contribution in [3.05, 3.63) is 31.0 Å². The van der Waals surface area contributed by atoms with Gasteiger partial charge >= 0.3 is 11.6 Å². The Morgan fingerprint density at radius 1 is 1.44 bits per heavy atom. The van der Waals surface area contributed by atoms with E-state index in [1.54, 1.807) is 16.9 Å². The summed E-state index contributed by atoms with van der Waals surface area (Å²) in [5.41, 5.74) is 0.994. The molecule has 0 amide bonds. The highest BCUT2D eigenvalue weighted by molar-refractivity contribution is 5.85. The molecule has 0 saturated heterocycles. The van der Waals surface area contributed by atoms with Crippen molar-refractivity contribution in [3.8, 4) is 0 Å². The third-order valence-electron chi connectivity index (χ3n) is 2.34. The molecule has 0 aliphatic carbocycles. The van der Waals surface area contributed by atoms with E-state index in [1.165, 1.54) is 0 Å². The molecule has 0 aliphatic rings. The summed E-state index contributed by atoms with van der Waals surface area (Å²) in [6, 6.07) is 3.60. The lowest BCUT2D eigenvalue weighted by Crippen LogP contribution is -2.39. The van der Waals surface area contributed by atoms with E-state index < -0.39 is 0 Å². The van der Waals surface area contributed by atoms with Gasteiger partial charge in [-0.1, -0.05) is 4.68 Å². The monoisotopic (exact) mass is 250 g/mol. The Balaban J connectivity index is 0.00000162. The molecule has 0 N–H and O–H groups in total. The topological polar surface area (TPSA) is 63.9 Å². The van der Waals surface area contributed by atoms with Crippen LogP contribution < -0.4 is 4.85 Å². The highest BCUT2D eigenvalue weighted by atomic mass is 16.5. The maximum Gasteiger partial charge on any atom is 0.381 e. The van der Waals surface area contributed by atoms with E-state index in [0.717, 1.165) is 5.96 Å². The molecule has 0 radical (unpaired) electrons. The van der Waals surface area contributed by atoms with Crippen LogP contribution in [0.25, 0.3) is 11.2 Å². The normalized spacial score (nSPS) is 10.0. The maximum absolute atomic E-state index is 11.6. The van der Waals surface area contributed by atoms with E-state index in [1.807, 2.05) is 43.7 Å². The number of pyridine rings is 1. The molecule has 7 heteroatoms. The van der Waals surface area contributed by atoms with Crippen molar-refractivity contribution >= 4 is 17.1 Å². The fourth-order valence-electron chi connectivity index (χ4n) is 1.80. The minimum Gasteiger partial charge on any atom is -0.721 e. The van der Waals surface area contributed by atoms with Crippen LogP contribution in [0.1, 0.15) is 0 Å². The summed E-state index contributed by atoms with van der Waals surface area (Å²) >= 11 is 0. The number of aromatic nitrogens is 4. The molecule has 0 unspecified atom stereocenters. The smallest absolute Gasteiger partial charge is 0.381 e. The Morgan fingerprint density at radius 3 is 2.67 bits per heavy atom. The van der Waals surface area contributed by atoms with E-state index in [-0.39, 0.29) is 7.43 Å². The Labute approximate surface area is 106 Å². The highest BCUT2D eigenvalue weighted by Gasteiger charge is 2.24. The van der Waals surface area contributed by atoms with Crippen LogP contribution in [0.5, 0.6) is 0 Å². The summed E-state index contributed by atoms with van der Waals surface area (Å²) in [5, 5.41) is 15.5. The molecule has 2 rings (SSSR count). The largest absolute Gasteiger partial charge is 0.721 e. The molecular weight excluding hydrogens is 232 g/mol. The standard InChI is InChI=1S/C10H15N6O.CH3/c1-13(2)10(14(3)4)15-8-6-5-7-11-9(8)16(17)12-15;/h5-7H,1-4H3;1H3/q+1;-1. The first-order valence-corrected chi connectivity index (χ1v) is 5.18. The van der Waals surface area contributed by atoms with E-state index >= 15 is 0 Å². The van der Waals surface area contributed by atoms with Gasteiger partial charge in [0.2, 0.25) is 5.52 Å². The van der Waals surface area contributed by atoms with Crippen LogP contribution in [0.3, 0.4) is 0 Å². The summed E-state index contributed by atoms with van der Waals surface area (Å²) in [5.74, 6) is 0.789. The van der Waals surface area contributed by atoms with Crippen molar-refractivity contribution in [1.29, 1.82) is 0 Å². The molecular formula is C11H18N6O. The fraction of sp³-hybridized carbons (Fsp3) is 0.364. The molecule has 0 atom stereocenters. The summed E-state index contributed by atoms with van der Waals surface area (Å²) in [7, 11) is 7.59. The number of hydrogen-bond donors (Lipinski definition) is 0. The lowest BCUT2D eigenvalue weighted by atomic mass is 10.4. The van der Waals surface area contributed by atoms with Crippen molar-refractivity contribution in [3.63, 3.8) is 0 Å². The Bertz CT molecular complexity index is 582. The fourth-order valence-corrected chi connectivity index (χ4v) is 1.80. The Hall–Kier alpha value is -2.18. The Kier molecular flexibility index (Phi) is 3.85. The minimum absolute atomic E-state index is 0. The van der Waals surface area contributed by atoms with Gasteiger partial charge in [0, 0.05) is 5.21 Å². The summed E-state index contributed by atoms with van der Waals surface area (Å²) in [4.78, 5) is 6.44.